The van der Waals surface area contributed by atoms with Crippen molar-refractivity contribution in [2.45, 2.75) is 45.1 Å². The number of carboxylic acids is 1. The zero-order chi connectivity index (χ0) is 25.9. The van der Waals surface area contributed by atoms with Crippen LogP contribution in [-0.2, 0) is 14.3 Å². The molecule has 36 heavy (non-hydrogen) atoms. The van der Waals surface area contributed by atoms with E-state index in [1.807, 2.05) is 25.1 Å². The summed E-state index contributed by atoms with van der Waals surface area (Å²) in [5, 5.41) is 15.3. The van der Waals surface area contributed by atoms with Gasteiger partial charge in [0.1, 0.15) is 5.75 Å². The van der Waals surface area contributed by atoms with Crippen LogP contribution in [0.4, 0.5) is 21.9 Å². The van der Waals surface area contributed by atoms with Crippen LogP contribution in [0.5, 0.6) is 5.75 Å². The summed E-state index contributed by atoms with van der Waals surface area (Å²) in [4.78, 5) is 26.7. The molecule has 0 saturated carbocycles. The van der Waals surface area contributed by atoms with Crippen molar-refractivity contribution >= 4 is 29.1 Å². The predicted molar refractivity (Wildman–Crippen MR) is 140 cm³/mol. The van der Waals surface area contributed by atoms with Gasteiger partial charge in [-0.15, -0.1) is 0 Å². The molecular weight excluding hydrogens is 462 g/mol. The molecule has 196 valence electrons. The summed E-state index contributed by atoms with van der Waals surface area (Å²) in [6.07, 6.45) is 1.74. The van der Waals surface area contributed by atoms with E-state index in [9.17, 15) is 14.7 Å². The highest BCUT2D eigenvalue weighted by atomic mass is 16.5. The van der Waals surface area contributed by atoms with Crippen LogP contribution in [0.25, 0.3) is 0 Å². The zero-order valence-electron chi connectivity index (χ0n) is 21.3. The number of carboxylic acid groups (broad SMARTS) is 1. The van der Waals surface area contributed by atoms with E-state index in [0.29, 0.717) is 31.2 Å². The Morgan fingerprint density at radius 1 is 1.11 bits per heavy atom. The van der Waals surface area contributed by atoms with Gasteiger partial charge in [-0.25, -0.2) is 4.79 Å². The molecule has 2 aromatic carbocycles. The van der Waals surface area contributed by atoms with Crippen LogP contribution in [0.1, 0.15) is 44.6 Å². The fourth-order valence-corrected chi connectivity index (χ4v) is 4.55. The molecule has 1 saturated heterocycles. The van der Waals surface area contributed by atoms with Gasteiger partial charge in [0, 0.05) is 44.5 Å². The average Bonchev–Trinajstić information content (AvgIpc) is 2.87. The molecule has 0 bridgehead atoms. The maximum atomic E-state index is 13.0. The molecule has 1 atom stereocenters. The molecule has 1 heterocycles. The molecule has 9 nitrogen and oxygen atoms in total. The summed E-state index contributed by atoms with van der Waals surface area (Å²) >= 11 is 0. The van der Waals surface area contributed by atoms with Crippen molar-refractivity contribution in [1.29, 1.82) is 0 Å². The molecule has 0 aromatic heterocycles. The predicted octanol–water partition coefficient (Wildman–Crippen LogP) is 4.94. The lowest BCUT2D eigenvalue weighted by Gasteiger charge is -2.36. The number of hydrogen-bond acceptors (Lipinski definition) is 6. The lowest BCUT2D eigenvalue weighted by atomic mass is 9.95. The third-order valence-corrected chi connectivity index (χ3v) is 6.23. The van der Waals surface area contributed by atoms with E-state index in [1.54, 1.807) is 31.4 Å². The Balaban J connectivity index is 1.88. The van der Waals surface area contributed by atoms with Gasteiger partial charge in [-0.3, -0.25) is 4.79 Å². The molecule has 1 unspecified atom stereocenters. The molecule has 1 aliphatic heterocycles. The highest BCUT2D eigenvalue weighted by Crippen LogP contribution is 2.34. The molecule has 9 heteroatoms. The van der Waals surface area contributed by atoms with Crippen LogP contribution in [0, 0.1) is 0 Å². The van der Waals surface area contributed by atoms with Crippen molar-refractivity contribution < 1.29 is 28.9 Å². The zero-order valence-corrected chi connectivity index (χ0v) is 21.3. The quantitative estimate of drug-likeness (QED) is 0.379. The molecule has 3 N–H and O–H groups in total. The Morgan fingerprint density at radius 2 is 1.83 bits per heavy atom. The summed E-state index contributed by atoms with van der Waals surface area (Å²) in [6.45, 7) is 7.00. The van der Waals surface area contributed by atoms with Crippen molar-refractivity contribution in [2.75, 3.05) is 55.6 Å². The highest BCUT2D eigenvalue weighted by molar-refractivity contribution is 6.02. The van der Waals surface area contributed by atoms with Gasteiger partial charge in [0.25, 0.3) is 0 Å². The number of ether oxygens (including phenoxy) is 3. The molecule has 3 rings (SSSR count). The first-order valence-electron chi connectivity index (χ1n) is 12.4. The van der Waals surface area contributed by atoms with E-state index in [-0.39, 0.29) is 31.0 Å². The molecule has 0 radical (unpaired) electrons. The van der Waals surface area contributed by atoms with Gasteiger partial charge in [-0.1, -0.05) is 6.07 Å². The number of anilines is 3. The van der Waals surface area contributed by atoms with Gasteiger partial charge < -0.3 is 34.9 Å². The van der Waals surface area contributed by atoms with E-state index in [4.69, 9.17) is 14.2 Å². The molecule has 0 spiro atoms. The smallest absolute Gasteiger partial charge is 0.323 e. The third-order valence-electron chi connectivity index (χ3n) is 6.23. The van der Waals surface area contributed by atoms with E-state index in [0.717, 1.165) is 36.4 Å². The Morgan fingerprint density at radius 3 is 2.44 bits per heavy atom. The molecular formula is C27H37N3O6. The number of amides is 2. The number of nitrogens with one attached hydrogen (secondary N) is 2. The summed E-state index contributed by atoms with van der Waals surface area (Å²) in [7, 11) is 1.55. The number of hydrogen-bond donors (Lipinski definition) is 3. The normalized spacial score (nSPS) is 14.6. The van der Waals surface area contributed by atoms with Gasteiger partial charge in [0.05, 0.1) is 31.0 Å². The molecule has 2 aromatic rings. The fraction of sp³-hybridized carbons (Fsp3) is 0.481. The number of carbonyl (C=O) groups is 2. The average molecular weight is 500 g/mol. The Kier molecular flexibility index (Phi) is 10.4. The number of rotatable bonds is 12. The molecule has 1 fully saturated rings. The minimum atomic E-state index is -0.902. The largest absolute Gasteiger partial charge is 0.494 e. The number of urea groups is 1. The summed E-state index contributed by atoms with van der Waals surface area (Å²) in [5.74, 6) is -0.508. The molecule has 1 aliphatic rings. The van der Waals surface area contributed by atoms with Crippen molar-refractivity contribution in [3.63, 3.8) is 0 Å². The highest BCUT2D eigenvalue weighted by Gasteiger charge is 2.25. The van der Waals surface area contributed by atoms with Crippen LogP contribution >= 0.6 is 0 Å². The van der Waals surface area contributed by atoms with Gasteiger partial charge in [-0.2, -0.15) is 0 Å². The van der Waals surface area contributed by atoms with Crippen molar-refractivity contribution in [1.82, 2.24) is 0 Å². The SMILES string of the molecule is CCOc1ccc(NC(=O)Nc2cc(C(COC)CC(=O)O)ccc2N(CC)C2CCOCC2)cc1. The maximum absolute atomic E-state index is 13.0. The first-order chi connectivity index (χ1) is 17.4. The van der Waals surface area contributed by atoms with Gasteiger partial charge in [0.15, 0.2) is 0 Å². The van der Waals surface area contributed by atoms with Gasteiger partial charge >= 0.3 is 12.0 Å². The van der Waals surface area contributed by atoms with Crippen molar-refractivity contribution in [3.8, 4) is 5.75 Å². The Labute approximate surface area is 212 Å². The minimum Gasteiger partial charge on any atom is -0.494 e. The lowest BCUT2D eigenvalue weighted by molar-refractivity contribution is -0.137. The van der Waals surface area contributed by atoms with Crippen LogP contribution in [0.3, 0.4) is 0 Å². The second kappa shape index (κ2) is 13.7. The maximum Gasteiger partial charge on any atom is 0.323 e. The first-order valence-corrected chi connectivity index (χ1v) is 12.4. The number of benzene rings is 2. The standard InChI is InChI=1S/C27H37N3O6/c1-4-30(22-12-14-35-15-13-22)25-11-6-19(20(18-34-3)17-26(31)32)16-24(25)29-27(33)28-21-7-9-23(10-8-21)36-5-2/h6-11,16,20,22H,4-5,12-15,17-18H2,1-3H3,(H,31,32)(H2,28,29,33). The minimum absolute atomic E-state index is 0.0670. The van der Waals surface area contributed by atoms with Crippen LogP contribution in [-0.4, -0.2) is 63.2 Å². The van der Waals surface area contributed by atoms with Crippen LogP contribution < -0.4 is 20.3 Å². The topological polar surface area (TPSA) is 109 Å². The number of carbonyl (C=O) groups excluding carboxylic acids is 1. The molecule has 0 aliphatic carbocycles. The second-order valence-electron chi connectivity index (χ2n) is 8.69. The first kappa shape index (κ1) is 27.3. The summed E-state index contributed by atoms with van der Waals surface area (Å²) in [6, 6.07) is 12.8. The monoisotopic (exact) mass is 499 g/mol. The summed E-state index contributed by atoms with van der Waals surface area (Å²) < 4.78 is 16.3. The van der Waals surface area contributed by atoms with E-state index in [2.05, 4.69) is 22.5 Å². The number of nitrogens with zero attached hydrogens (tertiary/aromatic N) is 1. The molecule has 2 amide bonds. The summed E-state index contributed by atoms with van der Waals surface area (Å²) in [5.41, 5.74) is 2.94. The number of aliphatic carboxylic acids is 1. The lowest BCUT2D eigenvalue weighted by Crippen LogP contribution is -2.40. The Bertz CT molecular complexity index is 992. The van der Waals surface area contributed by atoms with E-state index < -0.39 is 5.97 Å². The third kappa shape index (κ3) is 7.60. The van der Waals surface area contributed by atoms with Crippen LogP contribution in [0.15, 0.2) is 42.5 Å². The van der Waals surface area contributed by atoms with Crippen molar-refractivity contribution in [3.05, 3.63) is 48.0 Å². The number of methoxy groups -OCH3 is 1. The van der Waals surface area contributed by atoms with Crippen LogP contribution in [0.2, 0.25) is 0 Å². The van der Waals surface area contributed by atoms with Crippen molar-refractivity contribution in [2.24, 2.45) is 0 Å². The van der Waals surface area contributed by atoms with Gasteiger partial charge in [0.2, 0.25) is 0 Å². The van der Waals surface area contributed by atoms with Gasteiger partial charge in [-0.05, 0) is 68.7 Å². The second-order valence-corrected chi connectivity index (χ2v) is 8.69. The van der Waals surface area contributed by atoms with E-state index >= 15 is 0 Å². The van der Waals surface area contributed by atoms with E-state index in [1.165, 1.54) is 0 Å². The fourth-order valence-electron chi connectivity index (χ4n) is 4.55. The Hall–Kier alpha value is -3.30.